The van der Waals surface area contributed by atoms with Crippen molar-refractivity contribution < 1.29 is 19.5 Å². The van der Waals surface area contributed by atoms with E-state index in [1.54, 1.807) is 0 Å². The molecule has 2 N–H and O–H groups in total. The van der Waals surface area contributed by atoms with Crippen LogP contribution in [-0.4, -0.2) is 53.5 Å². The monoisotopic (exact) mass is 160 g/mol. The number of hydrogen-bond acceptors (Lipinski definition) is 2. The van der Waals surface area contributed by atoms with Crippen LogP contribution in [0.5, 0.6) is 0 Å². The summed E-state index contributed by atoms with van der Waals surface area (Å²) in [5.74, 6) is -0.813. The molecule has 1 heterocycles. The first-order valence-electron chi connectivity index (χ1n) is 3.67. The van der Waals surface area contributed by atoms with Gasteiger partial charge >= 0.3 is 5.97 Å². The standard InChI is InChI=1S/C7H13NO3/c1-8(2)4-5(9)3-6(8)7(10)11/h5-6,9H,3-4H2,1-2H3/p+1/t5-,6-/m1/s1. The minimum absolute atomic E-state index is 0.377. The van der Waals surface area contributed by atoms with Crippen molar-refractivity contribution >= 4 is 5.97 Å². The summed E-state index contributed by atoms with van der Waals surface area (Å²) in [7, 11) is 3.66. The summed E-state index contributed by atoms with van der Waals surface area (Å²) in [6, 6.07) is -0.440. The minimum Gasteiger partial charge on any atom is -0.477 e. The molecule has 0 aromatic rings. The Morgan fingerprint density at radius 3 is 2.27 bits per heavy atom. The number of carboxylic acid groups (broad SMARTS) is 1. The molecule has 2 atom stereocenters. The molecule has 0 aromatic heterocycles. The van der Waals surface area contributed by atoms with Crippen molar-refractivity contribution in [3.05, 3.63) is 0 Å². The molecule has 11 heavy (non-hydrogen) atoms. The van der Waals surface area contributed by atoms with E-state index in [4.69, 9.17) is 5.11 Å². The maximum atomic E-state index is 10.6. The fourth-order valence-corrected chi connectivity index (χ4v) is 1.69. The summed E-state index contributed by atoms with van der Waals surface area (Å²) < 4.78 is 0.385. The second-order valence-electron chi connectivity index (χ2n) is 3.70. The predicted molar refractivity (Wildman–Crippen MR) is 39.0 cm³/mol. The lowest BCUT2D eigenvalue weighted by atomic mass is 10.2. The van der Waals surface area contributed by atoms with E-state index in [2.05, 4.69) is 0 Å². The van der Waals surface area contributed by atoms with Crippen LogP contribution < -0.4 is 0 Å². The fraction of sp³-hybridized carbons (Fsp3) is 0.857. The van der Waals surface area contributed by atoms with Crippen LogP contribution in [0.15, 0.2) is 0 Å². The van der Waals surface area contributed by atoms with E-state index in [1.807, 2.05) is 14.1 Å². The molecule has 0 aliphatic carbocycles. The van der Waals surface area contributed by atoms with Crippen molar-refractivity contribution in [1.82, 2.24) is 0 Å². The molecule has 0 saturated carbocycles. The van der Waals surface area contributed by atoms with Crippen LogP contribution in [0.4, 0.5) is 0 Å². The lowest BCUT2D eigenvalue weighted by Gasteiger charge is -2.28. The number of nitrogens with zero attached hydrogens (tertiary/aromatic N) is 1. The average Bonchev–Trinajstić information content (AvgIpc) is 2.04. The van der Waals surface area contributed by atoms with Gasteiger partial charge in [-0.25, -0.2) is 4.79 Å². The van der Waals surface area contributed by atoms with Crippen LogP contribution in [0.1, 0.15) is 6.42 Å². The van der Waals surface area contributed by atoms with Gasteiger partial charge in [-0.3, -0.25) is 0 Å². The van der Waals surface area contributed by atoms with Gasteiger partial charge < -0.3 is 14.7 Å². The second kappa shape index (κ2) is 2.46. The number of hydrogen-bond donors (Lipinski definition) is 2. The van der Waals surface area contributed by atoms with Gasteiger partial charge in [0.1, 0.15) is 12.6 Å². The zero-order chi connectivity index (χ0) is 8.65. The molecule has 4 nitrogen and oxygen atoms in total. The van der Waals surface area contributed by atoms with Gasteiger partial charge in [0, 0.05) is 6.42 Å². The third-order valence-electron chi connectivity index (χ3n) is 2.31. The molecule has 1 saturated heterocycles. The highest BCUT2D eigenvalue weighted by molar-refractivity contribution is 5.72. The van der Waals surface area contributed by atoms with Gasteiger partial charge in [0.05, 0.1) is 14.1 Å². The number of aliphatic carboxylic acids is 1. The van der Waals surface area contributed by atoms with Gasteiger partial charge in [-0.15, -0.1) is 0 Å². The first kappa shape index (κ1) is 8.49. The molecule has 0 spiro atoms. The third-order valence-corrected chi connectivity index (χ3v) is 2.31. The van der Waals surface area contributed by atoms with E-state index >= 15 is 0 Å². The fourth-order valence-electron chi connectivity index (χ4n) is 1.69. The van der Waals surface area contributed by atoms with Crippen molar-refractivity contribution in [2.24, 2.45) is 0 Å². The Bertz CT molecular complexity index is 179. The topological polar surface area (TPSA) is 57.5 Å². The molecular formula is C7H14NO3+. The summed E-state index contributed by atoms with van der Waals surface area (Å²) >= 11 is 0. The minimum atomic E-state index is -0.813. The lowest BCUT2D eigenvalue weighted by molar-refractivity contribution is -0.895. The smallest absolute Gasteiger partial charge is 0.362 e. The second-order valence-corrected chi connectivity index (χ2v) is 3.70. The highest BCUT2D eigenvalue weighted by Gasteiger charge is 2.44. The van der Waals surface area contributed by atoms with Crippen molar-refractivity contribution in [2.75, 3.05) is 20.6 Å². The maximum Gasteiger partial charge on any atom is 0.362 e. The Labute approximate surface area is 65.6 Å². The van der Waals surface area contributed by atoms with Gasteiger partial charge in [0.15, 0.2) is 6.04 Å². The van der Waals surface area contributed by atoms with Crippen molar-refractivity contribution in [3.8, 4) is 0 Å². The Morgan fingerprint density at radius 1 is 1.55 bits per heavy atom. The molecule has 0 amide bonds. The summed E-state index contributed by atoms with van der Waals surface area (Å²) in [5.41, 5.74) is 0. The number of likely N-dealkylation sites (N-methyl/N-ethyl adjacent to an activating group) is 1. The maximum absolute atomic E-state index is 10.6. The van der Waals surface area contributed by atoms with E-state index in [9.17, 15) is 9.90 Å². The van der Waals surface area contributed by atoms with Gasteiger partial charge in [-0.1, -0.05) is 0 Å². The van der Waals surface area contributed by atoms with Crippen LogP contribution in [0.25, 0.3) is 0 Å². The molecule has 64 valence electrons. The quantitative estimate of drug-likeness (QED) is 0.498. The zero-order valence-corrected chi connectivity index (χ0v) is 6.82. The molecule has 1 fully saturated rings. The third kappa shape index (κ3) is 1.52. The Balaban J connectivity index is 2.74. The molecule has 1 aliphatic heterocycles. The Kier molecular flexibility index (Phi) is 1.90. The molecule has 0 bridgehead atoms. The molecular weight excluding hydrogens is 146 g/mol. The van der Waals surface area contributed by atoms with Crippen LogP contribution in [0.2, 0.25) is 0 Å². The van der Waals surface area contributed by atoms with Crippen LogP contribution in [-0.2, 0) is 4.79 Å². The molecule has 1 rings (SSSR count). The van der Waals surface area contributed by atoms with E-state index in [0.717, 1.165) is 0 Å². The Hall–Kier alpha value is -0.610. The Morgan fingerprint density at radius 2 is 2.09 bits per heavy atom. The van der Waals surface area contributed by atoms with Crippen LogP contribution in [0, 0.1) is 0 Å². The number of aliphatic hydroxyl groups is 1. The van der Waals surface area contributed by atoms with E-state index in [-0.39, 0.29) is 0 Å². The number of rotatable bonds is 1. The summed E-state index contributed by atoms with van der Waals surface area (Å²) in [6.45, 7) is 0.539. The van der Waals surface area contributed by atoms with Gasteiger partial charge in [-0.2, -0.15) is 0 Å². The van der Waals surface area contributed by atoms with Gasteiger partial charge in [0.25, 0.3) is 0 Å². The van der Waals surface area contributed by atoms with Gasteiger partial charge in [-0.05, 0) is 0 Å². The molecule has 1 aliphatic rings. The van der Waals surface area contributed by atoms with Gasteiger partial charge in [0.2, 0.25) is 0 Å². The summed E-state index contributed by atoms with van der Waals surface area (Å²) in [6.07, 6.45) is -0.0754. The highest BCUT2D eigenvalue weighted by atomic mass is 16.4. The number of quaternary nitrogens is 1. The predicted octanol–water partition coefficient (Wildman–Crippen LogP) is -0.719. The van der Waals surface area contributed by atoms with Crippen molar-refractivity contribution in [1.29, 1.82) is 0 Å². The molecule has 0 radical (unpaired) electrons. The molecule has 0 unspecified atom stereocenters. The van der Waals surface area contributed by atoms with E-state index in [0.29, 0.717) is 17.4 Å². The number of aliphatic hydroxyl groups excluding tert-OH is 1. The van der Waals surface area contributed by atoms with Crippen molar-refractivity contribution in [3.63, 3.8) is 0 Å². The van der Waals surface area contributed by atoms with Crippen LogP contribution in [0.3, 0.4) is 0 Å². The zero-order valence-electron chi connectivity index (χ0n) is 6.82. The SMILES string of the molecule is C[N+]1(C)C[C@H](O)C[C@@H]1C(=O)O. The molecule has 0 aromatic carbocycles. The number of carbonyl (C=O) groups is 1. The number of likely N-dealkylation sites (tertiary alicyclic amines) is 1. The van der Waals surface area contributed by atoms with E-state index in [1.165, 1.54) is 0 Å². The summed E-state index contributed by atoms with van der Waals surface area (Å²) in [5, 5.41) is 17.9. The molecule has 4 heteroatoms. The van der Waals surface area contributed by atoms with Crippen LogP contribution >= 0.6 is 0 Å². The largest absolute Gasteiger partial charge is 0.477 e. The normalized spacial score (nSPS) is 35.5. The van der Waals surface area contributed by atoms with Crippen molar-refractivity contribution in [2.45, 2.75) is 18.6 Å². The highest BCUT2D eigenvalue weighted by Crippen LogP contribution is 2.22. The summed E-state index contributed by atoms with van der Waals surface area (Å²) in [4.78, 5) is 10.6. The first-order valence-corrected chi connectivity index (χ1v) is 3.67. The average molecular weight is 160 g/mol. The number of carboxylic acids is 1. The van der Waals surface area contributed by atoms with E-state index < -0.39 is 18.1 Å². The lowest BCUT2D eigenvalue weighted by Crippen LogP contribution is -2.48. The first-order chi connectivity index (χ1) is 4.93.